The number of fused-ring (bicyclic) bond motifs is 2. The minimum Gasteiger partial charge on any atom is -0.389 e. The van der Waals surface area contributed by atoms with E-state index in [0.717, 1.165) is 8.96 Å². The molecule has 45 heavy (non-hydrogen) atoms. The largest absolute Gasteiger partial charge is 0.737 e. The molecule has 0 bridgehead atoms. The second-order valence-corrected chi connectivity index (χ2v) is 11.4. The van der Waals surface area contributed by atoms with Crippen LogP contribution in [0, 0.1) is 47.8 Å². The van der Waals surface area contributed by atoms with E-state index in [-0.39, 0.29) is 58.6 Å². The second kappa shape index (κ2) is 11.2. The maximum Gasteiger partial charge on any atom is 0.737 e. The number of hydrogen-bond donors (Lipinski definition) is 0. The molecule has 1 aromatic carbocycles. The Labute approximate surface area is 257 Å². The van der Waals surface area contributed by atoms with Gasteiger partial charge < -0.3 is 17.6 Å². The average Bonchev–Trinajstić information content (AvgIpc) is 3.82. The Kier molecular flexibility index (Phi) is 7.66. The van der Waals surface area contributed by atoms with Gasteiger partial charge in [-0.2, -0.15) is 0 Å². The molecule has 3 heterocycles. The van der Waals surface area contributed by atoms with Gasteiger partial charge in [-0.3, -0.25) is 0 Å². The first-order valence-corrected chi connectivity index (χ1v) is 14.9. The van der Waals surface area contributed by atoms with Gasteiger partial charge in [0.1, 0.15) is 0 Å². The zero-order valence-electron chi connectivity index (χ0n) is 25.1. The summed E-state index contributed by atoms with van der Waals surface area (Å²) in [6, 6.07) is 0. The molecule has 0 N–H and O–H groups in total. The van der Waals surface area contributed by atoms with Gasteiger partial charge in [-0.05, 0) is 43.9 Å². The highest BCUT2D eigenvalue weighted by atomic mass is 19.2. The van der Waals surface area contributed by atoms with Crippen molar-refractivity contribution in [3.8, 4) is 0 Å². The number of halogens is 7. The lowest BCUT2D eigenvalue weighted by Crippen LogP contribution is -2.52. The Bertz CT molecular complexity index is 1880. The third kappa shape index (κ3) is 4.51. The van der Waals surface area contributed by atoms with Crippen LogP contribution in [0.15, 0.2) is 83.7 Å². The summed E-state index contributed by atoms with van der Waals surface area (Å²) < 4.78 is 111. The molecule has 0 atom stereocenters. The summed E-state index contributed by atoms with van der Waals surface area (Å²) in [6.45, 7) is 1.88. The second-order valence-electron chi connectivity index (χ2n) is 11.4. The Morgan fingerprint density at radius 1 is 0.756 bits per heavy atom. The van der Waals surface area contributed by atoms with E-state index in [1.165, 1.54) is 0 Å². The van der Waals surface area contributed by atoms with Crippen molar-refractivity contribution in [2.24, 2.45) is 11.8 Å². The van der Waals surface area contributed by atoms with Crippen LogP contribution in [0.25, 0.3) is 11.6 Å². The van der Waals surface area contributed by atoms with E-state index in [2.05, 4.69) is 0 Å². The average molecular weight is 622 g/mol. The maximum absolute atomic E-state index is 17.3. The van der Waals surface area contributed by atoms with Crippen LogP contribution < -0.4 is 0 Å². The summed E-state index contributed by atoms with van der Waals surface area (Å²) in [5, 5.41) is 0. The van der Waals surface area contributed by atoms with Crippen molar-refractivity contribution in [1.82, 2.24) is 4.48 Å². The van der Waals surface area contributed by atoms with E-state index < -0.39 is 47.2 Å². The summed E-state index contributed by atoms with van der Waals surface area (Å²) >= 11 is 0. The molecule has 2 aliphatic carbocycles. The molecule has 2 nitrogen and oxygen atoms in total. The number of aromatic nitrogens is 1. The smallest absolute Gasteiger partial charge is 0.389 e. The van der Waals surface area contributed by atoms with Crippen molar-refractivity contribution in [3.05, 3.63) is 141 Å². The summed E-state index contributed by atoms with van der Waals surface area (Å²) in [6.07, 6.45) is 22.0. The van der Waals surface area contributed by atoms with Gasteiger partial charge in [0.05, 0.1) is 11.1 Å². The lowest BCUT2D eigenvalue weighted by atomic mass is 9.83. The van der Waals surface area contributed by atoms with Gasteiger partial charge >= 0.3 is 6.97 Å². The summed E-state index contributed by atoms with van der Waals surface area (Å²) in [5.74, 6) is -11.1. The van der Waals surface area contributed by atoms with Gasteiger partial charge in [0.15, 0.2) is 34.7 Å². The molecule has 0 radical (unpaired) electrons. The van der Waals surface area contributed by atoms with Crippen LogP contribution in [0.5, 0.6) is 0 Å². The van der Waals surface area contributed by atoms with E-state index in [1.807, 2.05) is 48.6 Å². The molecule has 0 spiro atoms. The normalized spacial score (nSPS) is 19.3. The Morgan fingerprint density at radius 3 is 1.78 bits per heavy atom. The first kappa shape index (κ1) is 30.7. The number of allylic oxidation sites excluding steroid dienone is 13. The lowest BCUT2D eigenvalue weighted by molar-refractivity contribution is -0.362. The molecule has 1 aromatic heterocycles. The molecule has 0 saturated carbocycles. The summed E-state index contributed by atoms with van der Waals surface area (Å²) in [7, 11) is 0. The molecule has 10 heteroatoms. The van der Waals surface area contributed by atoms with Gasteiger partial charge in [-0.15, -0.1) is 0 Å². The standard InChI is InChI=1S/C35H30BF7N2/c1-5-23-19(3)34-28(27-29(37)31(39)33(41)32(40)30(27)38)35-20(4)24(6-2)26(18-16-22-13-9-10-14-22)45(35)36(42,43)44(34)25(23)17-15-21-11-7-8-12-21/h7-18,21-22H,5-6H2,1-4H3/b17-15+,18-16+. The fraction of sp³-hybridized carbons (Fsp3) is 0.229. The molecule has 4 aliphatic rings. The number of benzene rings is 1. The molecule has 2 aliphatic heterocycles. The Balaban J connectivity index is 1.78. The highest BCUT2D eigenvalue weighted by Gasteiger charge is 2.58. The first-order chi connectivity index (χ1) is 21.4. The van der Waals surface area contributed by atoms with Crippen molar-refractivity contribution < 1.29 is 35.1 Å². The van der Waals surface area contributed by atoms with Crippen LogP contribution >= 0.6 is 0 Å². The highest BCUT2D eigenvalue weighted by molar-refractivity contribution is 6.59. The van der Waals surface area contributed by atoms with Crippen molar-refractivity contribution in [2.45, 2.75) is 40.5 Å². The molecule has 0 unspecified atom stereocenters. The Hall–Kier alpha value is -4.34. The van der Waals surface area contributed by atoms with Crippen LogP contribution in [0.4, 0.5) is 30.6 Å². The van der Waals surface area contributed by atoms with E-state index in [4.69, 9.17) is 0 Å². The van der Waals surface area contributed by atoms with Gasteiger partial charge in [0, 0.05) is 40.4 Å². The van der Waals surface area contributed by atoms with Crippen molar-refractivity contribution in [2.75, 3.05) is 0 Å². The fourth-order valence-electron chi connectivity index (χ4n) is 6.93. The Morgan fingerprint density at radius 2 is 1.27 bits per heavy atom. The van der Waals surface area contributed by atoms with Crippen LogP contribution in [0.2, 0.25) is 0 Å². The number of nitrogens with zero attached hydrogens (tertiary/aromatic N) is 2. The van der Waals surface area contributed by atoms with Gasteiger partial charge in [0.2, 0.25) is 5.82 Å². The number of hydrogen-bond acceptors (Lipinski definition) is 0. The summed E-state index contributed by atoms with van der Waals surface area (Å²) in [5.41, 5.74) is -0.516. The molecule has 232 valence electrons. The lowest BCUT2D eigenvalue weighted by Gasteiger charge is -2.34. The third-order valence-electron chi connectivity index (χ3n) is 9.01. The topological polar surface area (TPSA) is 7.94 Å². The van der Waals surface area contributed by atoms with Crippen LogP contribution in [-0.2, 0) is 6.42 Å². The van der Waals surface area contributed by atoms with Crippen LogP contribution in [0.1, 0.15) is 55.3 Å². The predicted octanol–water partition coefficient (Wildman–Crippen LogP) is 9.30. The minimum absolute atomic E-state index is 0.108. The van der Waals surface area contributed by atoms with Crippen molar-refractivity contribution in [3.63, 3.8) is 0 Å². The SMILES string of the molecule is CCC1=C(C)C2=C(c3c(F)c(F)c(F)c(F)c3F)c3c(C)c(CC)c(/C=C/C4C=CC=C4)n3[B-](F)(F)[N+]2=C1/C=C/C1C=CC=C1. The molecule has 6 rings (SSSR count). The highest BCUT2D eigenvalue weighted by Crippen LogP contribution is 2.49. The molecule has 2 aromatic rings. The zero-order valence-corrected chi connectivity index (χ0v) is 25.1. The van der Waals surface area contributed by atoms with Crippen molar-refractivity contribution in [1.29, 1.82) is 0 Å². The maximum atomic E-state index is 17.3. The molecular weight excluding hydrogens is 592 g/mol. The van der Waals surface area contributed by atoms with E-state index in [9.17, 15) is 13.2 Å². The van der Waals surface area contributed by atoms with E-state index in [1.54, 1.807) is 52.0 Å². The molecule has 0 saturated heterocycles. The minimum atomic E-state index is -4.74. The third-order valence-corrected chi connectivity index (χ3v) is 9.01. The molecule has 0 fully saturated rings. The molecule has 0 amide bonds. The summed E-state index contributed by atoms with van der Waals surface area (Å²) in [4.78, 5) is 0. The monoisotopic (exact) mass is 622 g/mol. The van der Waals surface area contributed by atoms with Crippen molar-refractivity contribution >= 4 is 24.3 Å². The zero-order chi connectivity index (χ0) is 32.4. The number of rotatable bonds is 7. The van der Waals surface area contributed by atoms with E-state index >= 15 is 17.4 Å². The first-order valence-electron chi connectivity index (χ1n) is 14.9. The van der Waals surface area contributed by atoms with E-state index in [0.29, 0.717) is 11.1 Å². The van der Waals surface area contributed by atoms with Gasteiger partial charge in [-0.1, -0.05) is 74.6 Å². The quantitative estimate of drug-likeness (QED) is 0.126. The molecular formula is C35H30BF7N2. The van der Waals surface area contributed by atoms with Crippen LogP contribution in [-0.4, -0.2) is 21.6 Å². The van der Waals surface area contributed by atoms with Gasteiger partial charge in [-0.25, -0.2) is 22.0 Å². The van der Waals surface area contributed by atoms with Crippen LogP contribution in [0.3, 0.4) is 0 Å². The fourth-order valence-corrected chi connectivity index (χ4v) is 6.93. The van der Waals surface area contributed by atoms with Gasteiger partial charge in [0.25, 0.3) is 0 Å². The predicted molar refractivity (Wildman–Crippen MR) is 164 cm³/mol.